The molecule has 4 N–H and O–H groups in total. The van der Waals surface area contributed by atoms with Crippen molar-refractivity contribution in [1.29, 1.82) is 0 Å². The molecule has 9 rings (SSSR count). The number of allylic oxidation sites excluding steroid dienone is 2. The Balaban J connectivity index is 1.48. The molecule has 0 unspecified atom stereocenters. The number of hydrogen-bond donors (Lipinski definition) is 4. The van der Waals surface area contributed by atoms with Crippen LogP contribution in [0.5, 0.6) is 0 Å². The van der Waals surface area contributed by atoms with E-state index in [1.807, 2.05) is 24.3 Å². The summed E-state index contributed by atoms with van der Waals surface area (Å²) < 4.78 is 0. The zero-order valence-electron chi connectivity index (χ0n) is 31.9. The van der Waals surface area contributed by atoms with Crippen LogP contribution in [-0.4, -0.2) is 43.9 Å². The lowest BCUT2D eigenvalue weighted by atomic mass is 9.97. The fourth-order valence-electron chi connectivity index (χ4n) is 8.80. The van der Waals surface area contributed by atoms with Crippen molar-refractivity contribution in [1.82, 2.24) is 19.9 Å². The highest BCUT2D eigenvalue weighted by Crippen LogP contribution is 2.30. The van der Waals surface area contributed by atoms with Crippen molar-refractivity contribution < 1.29 is 9.59 Å². The minimum absolute atomic E-state index is 0.607. The molecule has 3 aliphatic heterocycles. The van der Waals surface area contributed by atoms with Gasteiger partial charge in [-0.3, -0.25) is 9.59 Å². The summed E-state index contributed by atoms with van der Waals surface area (Å²) in [6, 6.07) is 25.0. The van der Waals surface area contributed by atoms with Gasteiger partial charge in [-0.1, -0.05) is 76.2 Å². The number of hydrogen-bond acceptors (Lipinski definition) is 4. The SMILES string of the molecule is CCc1c(C=O)[nH]c(C2=c3ccc([nH]3)=c3ccccc3=C3C=CC(=N3)C(c3[nH]c(C=O)c(CC)c3CC)=c3ccc([nH]3)=c3ccccc3=C3C=CC2=N3)c1CC. The van der Waals surface area contributed by atoms with E-state index >= 15 is 0 Å². The van der Waals surface area contributed by atoms with Gasteiger partial charge in [0.05, 0.1) is 56.3 Å². The number of nitrogens with one attached hydrogen (secondary N) is 4. The van der Waals surface area contributed by atoms with Gasteiger partial charge >= 0.3 is 0 Å². The topological polar surface area (TPSA) is 122 Å². The normalized spacial score (nSPS) is 14.4. The van der Waals surface area contributed by atoms with Gasteiger partial charge in [-0.2, -0.15) is 0 Å². The molecule has 7 heterocycles. The number of aromatic nitrogens is 4. The van der Waals surface area contributed by atoms with Crippen LogP contribution in [0, 0.1) is 21.1 Å². The van der Waals surface area contributed by atoms with Gasteiger partial charge < -0.3 is 19.9 Å². The van der Waals surface area contributed by atoms with E-state index in [1.165, 1.54) is 0 Å². The number of carbonyl (C=O) groups is 2. The zero-order valence-corrected chi connectivity index (χ0v) is 31.9. The monoisotopic (exact) mass is 734 g/mol. The quantitative estimate of drug-likeness (QED) is 0.148. The fourth-order valence-corrected chi connectivity index (χ4v) is 8.80. The molecular formula is C48H42N6O2. The Hall–Kier alpha value is -6.80. The highest BCUT2D eigenvalue weighted by molar-refractivity contribution is 6.32. The highest BCUT2D eigenvalue weighted by atomic mass is 16.1. The molecule has 4 aromatic heterocycles. The van der Waals surface area contributed by atoms with Crippen molar-refractivity contribution in [2.45, 2.75) is 53.4 Å². The van der Waals surface area contributed by atoms with Gasteiger partial charge in [-0.15, -0.1) is 0 Å². The fraction of sp³-hybridized carbons (Fsp3) is 0.167. The molecule has 8 nitrogen and oxygen atoms in total. The van der Waals surface area contributed by atoms with Gasteiger partial charge in [0.25, 0.3) is 0 Å². The first-order valence-electron chi connectivity index (χ1n) is 19.5. The van der Waals surface area contributed by atoms with E-state index in [9.17, 15) is 9.59 Å². The van der Waals surface area contributed by atoms with Gasteiger partial charge in [0, 0.05) is 42.7 Å². The molecule has 0 amide bonds. The zero-order chi connectivity index (χ0) is 38.5. The standard InChI is InChI=1S/C48H42N6O2/c1-5-27-29(7-3)47(53-43(27)25-55)45-39-21-17-35(49-39)31-13-9-11-15-33(31)37-19-23-41(51-37)46(48-30(8-4)28(6-2)44(26-56)54-48)42-24-20-38(52-42)34-16-12-10-14-32(34)36-18-22-40(45)50-36/h9-26,49,52-54H,5-8H2,1-4H3. The maximum Gasteiger partial charge on any atom is 0.166 e. The largest absolute Gasteiger partial charge is 0.354 e. The van der Waals surface area contributed by atoms with E-state index in [1.54, 1.807) is 0 Å². The molecule has 0 radical (unpaired) electrons. The Kier molecular flexibility index (Phi) is 8.81. The molecule has 6 aromatic rings. The molecule has 0 saturated heterocycles. The summed E-state index contributed by atoms with van der Waals surface area (Å²) in [6.07, 6.45) is 13.2. The number of H-pyrrole nitrogens is 4. The van der Waals surface area contributed by atoms with E-state index in [0.717, 1.165) is 148 Å². The summed E-state index contributed by atoms with van der Waals surface area (Å²) in [7, 11) is 0. The predicted molar refractivity (Wildman–Crippen MR) is 223 cm³/mol. The molecule has 56 heavy (non-hydrogen) atoms. The summed E-state index contributed by atoms with van der Waals surface area (Å²) >= 11 is 0. The Morgan fingerprint density at radius 3 is 1.20 bits per heavy atom. The van der Waals surface area contributed by atoms with Gasteiger partial charge in [0.1, 0.15) is 0 Å². The molecule has 0 atom stereocenters. The molecule has 0 aliphatic carbocycles. The third-order valence-corrected chi connectivity index (χ3v) is 11.3. The maximum absolute atomic E-state index is 12.4. The number of fused-ring (bicyclic) bond motifs is 8. The number of benzene rings is 2. The second kappa shape index (κ2) is 14.1. The van der Waals surface area contributed by atoms with Crippen molar-refractivity contribution in [3.8, 4) is 0 Å². The number of rotatable bonds is 8. The summed E-state index contributed by atoms with van der Waals surface area (Å²) in [5, 5.41) is 7.64. The van der Waals surface area contributed by atoms with Crippen molar-refractivity contribution in [2.75, 3.05) is 0 Å². The molecule has 3 aliphatic rings. The van der Waals surface area contributed by atoms with Crippen LogP contribution in [0.3, 0.4) is 0 Å². The van der Waals surface area contributed by atoms with Crippen molar-refractivity contribution >= 4 is 46.5 Å². The van der Waals surface area contributed by atoms with E-state index in [-0.39, 0.29) is 0 Å². The molecule has 0 spiro atoms. The lowest BCUT2D eigenvalue weighted by Gasteiger charge is -2.08. The van der Waals surface area contributed by atoms with Gasteiger partial charge in [0.2, 0.25) is 0 Å². The first-order chi connectivity index (χ1) is 27.5. The summed E-state index contributed by atoms with van der Waals surface area (Å²) in [5.41, 5.74) is 12.4. The van der Waals surface area contributed by atoms with Gasteiger partial charge in [-0.25, -0.2) is 9.98 Å². The molecule has 0 saturated carbocycles. The van der Waals surface area contributed by atoms with Crippen LogP contribution in [0.4, 0.5) is 0 Å². The number of aldehydes is 2. The first-order valence-corrected chi connectivity index (χ1v) is 19.5. The molecule has 8 heteroatoms. The molecule has 2 aromatic carbocycles. The minimum atomic E-state index is 0.607. The lowest BCUT2D eigenvalue weighted by molar-refractivity contribution is 0.111. The molecule has 276 valence electrons. The third-order valence-electron chi connectivity index (χ3n) is 11.3. The van der Waals surface area contributed by atoms with Gasteiger partial charge in [-0.05, 0) is 96.5 Å². The maximum atomic E-state index is 12.4. The summed E-state index contributed by atoms with van der Waals surface area (Å²) in [4.78, 5) is 49.9. The van der Waals surface area contributed by atoms with Crippen molar-refractivity contribution in [3.05, 3.63) is 184 Å². The highest BCUT2D eigenvalue weighted by Gasteiger charge is 2.24. The van der Waals surface area contributed by atoms with E-state index in [2.05, 4.69) is 120 Å². The van der Waals surface area contributed by atoms with Crippen molar-refractivity contribution in [2.24, 2.45) is 9.98 Å². The number of carbonyl (C=O) groups excluding carboxylic acids is 2. The number of nitrogens with zero attached hydrogens (tertiary/aromatic N) is 2. The molecule has 0 fully saturated rings. The van der Waals surface area contributed by atoms with E-state index in [4.69, 9.17) is 9.98 Å². The van der Waals surface area contributed by atoms with Crippen LogP contribution in [-0.2, 0) is 25.7 Å². The van der Waals surface area contributed by atoms with E-state index in [0.29, 0.717) is 11.4 Å². The van der Waals surface area contributed by atoms with Crippen LogP contribution < -0.4 is 21.1 Å². The average Bonchev–Trinajstić information content (AvgIpc) is 4.10. The van der Waals surface area contributed by atoms with Crippen LogP contribution in [0.2, 0.25) is 0 Å². The van der Waals surface area contributed by atoms with Crippen LogP contribution in [0.1, 0.15) is 82.3 Å². The molecular weight excluding hydrogens is 693 g/mol. The lowest BCUT2D eigenvalue weighted by Crippen LogP contribution is -2.17. The first kappa shape index (κ1) is 34.9. The Morgan fingerprint density at radius 2 is 0.821 bits per heavy atom. The average molecular weight is 735 g/mol. The van der Waals surface area contributed by atoms with E-state index < -0.39 is 0 Å². The predicted octanol–water partition coefficient (Wildman–Crippen LogP) is 5.80. The minimum Gasteiger partial charge on any atom is -0.354 e. The number of aliphatic imine (C=N–C) groups is 2. The van der Waals surface area contributed by atoms with Crippen molar-refractivity contribution in [3.63, 3.8) is 0 Å². The summed E-state index contributed by atoms with van der Waals surface area (Å²) in [5.74, 6) is 0. The Bertz CT molecular complexity index is 3010. The van der Waals surface area contributed by atoms with Gasteiger partial charge in [0.15, 0.2) is 12.6 Å². The second-order valence-electron chi connectivity index (χ2n) is 14.2. The number of aromatic amines is 4. The third kappa shape index (κ3) is 5.51. The Morgan fingerprint density at radius 1 is 0.446 bits per heavy atom. The van der Waals surface area contributed by atoms with Crippen LogP contribution in [0.15, 0.2) is 107 Å². The Labute approximate surface area is 322 Å². The van der Waals surface area contributed by atoms with Crippen LogP contribution >= 0.6 is 0 Å². The smallest absolute Gasteiger partial charge is 0.166 e. The second-order valence-corrected chi connectivity index (χ2v) is 14.2. The van der Waals surface area contributed by atoms with Crippen LogP contribution in [0.25, 0.3) is 22.5 Å². The molecule has 8 bridgehead atoms. The summed E-state index contributed by atoms with van der Waals surface area (Å²) in [6.45, 7) is 8.45.